The molecule has 2 rings (SSSR count). The second kappa shape index (κ2) is 6.27. The number of benzene rings is 1. The normalized spacial score (nSPS) is 23.7. The zero-order valence-electron chi connectivity index (χ0n) is 12.5. The topological polar surface area (TPSA) is 15.3 Å². The standard InChI is InChI=1S/C16H25BrN2/c1-5-18-14-6-7-19(13(4)10-14)16-12(3)8-11(2)9-15(16)17/h8-9,13-14,18H,5-7,10H2,1-4H3. The minimum atomic E-state index is 0.593. The molecule has 1 fully saturated rings. The summed E-state index contributed by atoms with van der Waals surface area (Å²) in [6.07, 6.45) is 2.46. The molecule has 3 heteroatoms. The smallest absolute Gasteiger partial charge is 0.0542 e. The minimum Gasteiger partial charge on any atom is -0.368 e. The fraction of sp³-hybridized carbons (Fsp3) is 0.625. The first kappa shape index (κ1) is 14.9. The Kier molecular flexibility index (Phi) is 4.91. The highest BCUT2D eigenvalue weighted by Crippen LogP contribution is 2.35. The van der Waals surface area contributed by atoms with Crippen molar-refractivity contribution in [3.63, 3.8) is 0 Å². The van der Waals surface area contributed by atoms with Crippen molar-refractivity contribution in [3.8, 4) is 0 Å². The van der Waals surface area contributed by atoms with Gasteiger partial charge in [-0.1, -0.05) is 13.0 Å². The molecule has 1 aromatic rings. The maximum absolute atomic E-state index is 3.75. The van der Waals surface area contributed by atoms with Gasteiger partial charge in [0.25, 0.3) is 0 Å². The lowest BCUT2D eigenvalue weighted by atomic mass is 9.96. The summed E-state index contributed by atoms with van der Waals surface area (Å²) in [6.45, 7) is 11.1. The second-order valence-corrected chi connectivity index (χ2v) is 6.59. The van der Waals surface area contributed by atoms with Gasteiger partial charge in [0.05, 0.1) is 5.69 Å². The van der Waals surface area contributed by atoms with Crippen LogP contribution in [-0.2, 0) is 0 Å². The summed E-state index contributed by atoms with van der Waals surface area (Å²) < 4.78 is 1.23. The number of nitrogens with zero attached hydrogens (tertiary/aromatic N) is 1. The Morgan fingerprint density at radius 3 is 2.68 bits per heavy atom. The summed E-state index contributed by atoms with van der Waals surface area (Å²) in [5.74, 6) is 0. The van der Waals surface area contributed by atoms with E-state index in [0.29, 0.717) is 12.1 Å². The average Bonchev–Trinajstić information content (AvgIpc) is 2.31. The molecule has 2 nitrogen and oxygen atoms in total. The van der Waals surface area contributed by atoms with Crippen molar-refractivity contribution in [1.82, 2.24) is 5.32 Å². The van der Waals surface area contributed by atoms with Gasteiger partial charge >= 0.3 is 0 Å². The highest BCUT2D eigenvalue weighted by Gasteiger charge is 2.27. The van der Waals surface area contributed by atoms with E-state index < -0.39 is 0 Å². The molecule has 2 atom stereocenters. The molecule has 0 aromatic heterocycles. The van der Waals surface area contributed by atoms with E-state index in [0.717, 1.165) is 13.1 Å². The molecule has 0 radical (unpaired) electrons. The monoisotopic (exact) mass is 324 g/mol. The summed E-state index contributed by atoms with van der Waals surface area (Å²) >= 11 is 3.75. The van der Waals surface area contributed by atoms with E-state index in [-0.39, 0.29) is 0 Å². The maximum atomic E-state index is 3.75. The molecule has 1 aromatic carbocycles. The lowest BCUT2D eigenvalue weighted by molar-refractivity contribution is 0.373. The van der Waals surface area contributed by atoms with Crippen molar-refractivity contribution in [3.05, 3.63) is 27.7 Å². The van der Waals surface area contributed by atoms with Gasteiger partial charge in [-0.15, -0.1) is 0 Å². The van der Waals surface area contributed by atoms with Gasteiger partial charge in [0.1, 0.15) is 0 Å². The third-order valence-electron chi connectivity index (χ3n) is 4.05. The quantitative estimate of drug-likeness (QED) is 0.902. The molecule has 1 N–H and O–H groups in total. The fourth-order valence-electron chi connectivity index (χ4n) is 3.25. The first-order chi connectivity index (χ1) is 9.02. The number of halogens is 1. The first-order valence-electron chi connectivity index (χ1n) is 7.29. The number of hydrogen-bond acceptors (Lipinski definition) is 2. The van der Waals surface area contributed by atoms with Crippen LogP contribution in [0.25, 0.3) is 0 Å². The molecule has 1 heterocycles. The Morgan fingerprint density at radius 2 is 2.11 bits per heavy atom. The SMILES string of the molecule is CCNC1CCN(c2c(C)cc(C)cc2Br)C(C)C1. The van der Waals surface area contributed by atoms with Gasteiger partial charge in [-0.05, 0) is 73.3 Å². The van der Waals surface area contributed by atoms with Crippen LogP contribution < -0.4 is 10.2 Å². The number of aryl methyl sites for hydroxylation is 2. The molecule has 19 heavy (non-hydrogen) atoms. The number of anilines is 1. The minimum absolute atomic E-state index is 0.593. The maximum Gasteiger partial charge on any atom is 0.0542 e. The van der Waals surface area contributed by atoms with Crippen LogP contribution in [0.1, 0.15) is 37.8 Å². The van der Waals surface area contributed by atoms with Crippen molar-refractivity contribution in [2.75, 3.05) is 18.0 Å². The van der Waals surface area contributed by atoms with Crippen LogP contribution in [0.3, 0.4) is 0 Å². The summed E-state index contributed by atoms with van der Waals surface area (Å²) in [4.78, 5) is 2.56. The molecule has 0 amide bonds. The molecule has 106 valence electrons. The van der Waals surface area contributed by atoms with Gasteiger partial charge in [0.15, 0.2) is 0 Å². The van der Waals surface area contributed by atoms with Crippen molar-refractivity contribution in [2.24, 2.45) is 0 Å². The van der Waals surface area contributed by atoms with Crippen LogP contribution in [-0.4, -0.2) is 25.2 Å². The molecular weight excluding hydrogens is 300 g/mol. The molecule has 1 aliphatic heterocycles. The van der Waals surface area contributed by atoms with Crippen LogP contribution in [0.4, 0.5) is 5.69 Å². The second-order valence-electron chi connectivity index (χ2n) is 5.73. The van der Waals surface area contributed by atoms with E-state index >= 15 is 0 Å². The lowest BCUT2D eigenvalue weighted by Crippen LogP contribution is -2.47. The molecule has 0 bridgehead atoms. The van der Waals surface area contributed by atoms with Crippen molar-refractivity contribution in [2.45, 2.75) is 52.6 Å². The predicted octanol–water partition coefficient (Wildman–Crippen LogP) is 4.03. The Bertz CT molecular complexity index is 421. The molecule has 1 saturated heterocycles. The molecule has 1 aliphatic rings. The zero-order chi connectivity index (χ0) is 14.0. The van der Waals surface area contributed by atoms with E-state index in [1.165, 1.54) is 34.1 Å². The third kappa shape index (κ3) is 3.32. The van der Waals surface area contributed by atoms with Crippen molar-refractivity contribution < 1.29 is 0 Å². The Morgan fingerprint density at radius 1 is 1.37 bits per heavy atom. The van der Waals surface area contributed by atoms with Gasteiger partial charge < -0.3 is 10.2 Å². The van der Waals surface area contributed by atoms with Gasteiger partial charge in [-0.3, -0.25) is 0 Å². The zero-order valence-corrected chi connectivity index (χ0v) is 14.0. The Labute approximate surface area is 125 Å². The largest absolute Gasteiger partial charge is 0.368 e. The number of rotatable bonds is 3. The number of hydrogen-bond donors (Lipinski definition) is 1. The van der Waals surface area contributed by atoms with Gasteiger partial charge in [-0.25, -0.2) is 0 Å². The molecular formula is C16H25BrN2. The van der Waals surface area contributed by atoms with Gasteiger partial charge in [-0.2, -0.15) is 0 Å². The van der Waals surface area contributed by atoms with E-state index in [2.05, 4.69) is 66.0 Å². The van der Waals surface area contributed by atoms with Crippen molar-refractivity contribution in [1.29, 1.82) is 0 Å². The third-order valence-corrected chi connectivity index (χ3v) is 4.66. The summed E-state index contributed by atoms with van der Waals surface area (Å²) in [5, 5.41) is 3.59. The highest BCUT2D eigenvalue weighted by atomic mass is 79.9. The molecule has 0 saturated carbocycles. The Balaban J connectivity index is 2.19. The van der Waals surface area contributed by atoms with Crippen LogP contribution in [0.5, 0.6) is 0 Å². The highest BCUT2D eigenvalue weighted by molar-refractivity contribution is 9.10. The molecule has 0 spiro atoms. The first-order valence-corrected chi connectivity index (χ1v) is 8.09. The van der Waals surface area contributed by atoms with Crippen LogP contribution in [0.2, 0.25) is 0 Å². The molecule has 0 aliphatic carbocycles. The summed E-state index contributed by atoms with van der Waals surface area (Å²) in [7, 11) is 0. The Hall–Kier alpha value is -0.540. The van der Waals surface area contributed by atoms with Crippen molar-refractivity contribution >= 4 is 21.6 Å². The summed E-state index contributed by atoms with van der Waals surface area (Å²) in [6, 6.07) is 5.78. The van der Waals surface area contributed by atoms with Crippen LogP contribution in [0.15, 0.2) is 16.6 Å². The molecule has 2 unspecified atom stereocenters. The van der Waals surface area contributed by atoms with E-state index in [1.807, 2.05) is 0 Å². The van der Waals surface area contributed by atoms with Gasteiger partial charge in [0, 0.05) is 23.1 Å². The predicted molar refractivity (Wildman–Crippen MR) is 87.1 cm³/mol. The average molecular weight is 325 g/mol. The number of nitrogens with one attached hydrogen (secondary N) is 1. The van der Waals surface area contributed by atoms with E-state index in [1.54, 1.807) is 0 Å². The summed E-state index contributed by atoms with van der Waals surface area (Å²) in [5.41, 5.74) is 4.08. The van der Waals surface area contributed by atoms with Gasteiger partial charge in [0.2, 0.25) is 0 Å². The van der Waals surface area contributed by atoms with E-state index in [4.69, 9.17) is 0 Å². The lowest BCUT2D eigenvalue weighted by Gasteiger charge is -2.41. The number of piperidine rings is 1. The fourth-order valence-corrected chi connectivity index (χ4v) is 4.15. The van der Waals surface area contributed by atoms with Crippen LogP contribution >= 0.6 is 15.9 Å². The van der Waals surface area contributed by atoms with Crippen LogP contribution in [0, 0.1) is 13.8 Å². The van der Waals surface area contributed by atoms with E-state index in [9.17, 15) is 0 Å².